The highest BCUT2D eigenvalue weighted by atomic mass is 17.0. The van der Waals surface area contributed by atoms with Crippen molar-refractivity contribution >= 4 is 6.16 Å². The Balaban J connectivity index is 0.00000326. The summed E-state index contributed by atoms with van der Waals surface area (Å²) >= 11 is 0. The first-order chi connectivity index (χ1) is 12.8. The van der Waals surface area contributed by atoms with Crippen LogP contribution in [-0.4, -0.2) is 27.9 Å². The number of carbonyl (C=O) groups excluding carboxylic acids is 1. The number of carbonyl (C=O) groups is 1. The predicted octanol–water partition coefficient (Wildman–Crippen LogP) is 3.09. The van der Waals surface area contributed by atoms with E-state index >= 15 is 0 Å². The van der Waals surface area contributed by atoms with Crippen LogP contribution in [-0.2, 0) is 27.6 Å². The zero-order valence-corrected chi connectivity index (χ0v) is 15.6. The van der Waals surface area contributed by atoms with E-state index in [1.54, 1.807) is 0 Å². The maximum Gasteiger partial charge on any atom is 0.513 e. The molecule has 0 saturated heterocycles. The minimum absolute atomic E-state index is 0.0196. The molecular formula is C15H23N3O9. The van der Waals surface area contributed by atoms with Crippen LogP contribution in [0, 0.1) is 26.1 Å². The lowest BCUT2D eigenvalue weighted by Gasteiger charge is -2.10. The minimum Gasteiger partial charge on any atom is -0.434 e. The third kappa shape index (κ3) is 11.9. The molecule has 1 aromatic heterocycles. The maximum atomic E-state index is 11.6. The topological polar surface area (TPSA) is 153 Å². The van der Waals surface area contributed by atoms with Gasteiger partial charge in [-0.1, -0.05) is 27.7 Å². The van der Waals surface area contributed by atoms with Crippen molar-refractivity contribution in [2.45, 2.75) is 47.3 Å². The van der Waals surface area contributed by atoms with E-state index < -0.39 is 29.5 Å². The van der Waals surface area contributed by atoms with Crippen LogP contribution in [0.5, 0.6) is 5.75 Å². The van der Waals surface area contributed by atoms with Crippen LogP contribution >= 0.6 is 0 Å². The minimum atomic E-state index is -1.03. The van der Waals surface area contributed by atoms with Gasteiger partial charge in [-0.3, -0.25) is 4.98 Å². The van der Waals surface area contributed by atoms with Gasteiger partial charge in [0.2, 0.25) is 0 Å². The number of rotatable bonds is 10. The summed E-state index contributed by atoms with van der Waals surface area (Å²) in [4.78, 5) is 44.3. The highest BCUT2D eigenvalue weighted by molar-refractivity contribution is 5.63. The van der Waals surface area contributed by atoms with Crippen molar-refractivity contribution in [3.05, 3.63) is 43.7 Å². The zero-order valence-electron chi connectivity index (χ0n) is 15.6. The van der Waals surface area contributed by atoms with E-state index in [2.05, 4.69) is 14.7 Å². The normalized spacial score (nSPS) is 9.67. The molecule has 0 spiro atoms. The molecule has 0 saturated carbocycles. The van der Waals surface area contributed by atoms with Crippen LogP contribution in [0.2, 0.25) is 0 Å². The fraction of sp³-hybridized carbons (Fsp3) is 0.600. The molecule has 12 heteroatoms. The van der Waals surface area contributed by atoms with Crippen molar-refractivity contribution in [1.29, 1.82) is 0 Å². The Kier molecular flexibility index (Phi) is 11.5. The third-order valence-electron chi connectivity index (χ3n) is 2.66. The third-order valence-corrected chi connectivity index (χ3v) is 2.66. The van der Waals surface area contributed by atoms with Crippen molar-refractivity contribution in [2.24, 2.45) is 5.92 Å². The number of hydrogen-bond donors (Lipinski definition) is 0. The van der Waals surface area contributed by atoms with Gasteiger partial charge in [0.15, 0.2) is 0 Å². The van der Waals surface area contributed by atoms with Crippen molar-refractivity contribution in [3.8, 4) is 5.75 Å². The van der Waals surface area contributed by atoms with Gasteiger partial charge in [-0.15, -0.1) is 20.2 Å². The summed E-state index contributed by atoms with van der Waals surface area (Å²) in [5, 5.41) is 18.4. The largest absolute Gasteiger partial charge is 0.513 e. The molecule has 1 aromatic rings. The molecular weight excluding hydrogens is 366 g/mol. The Morgan fingerprint density at radius 3 is 1.96 bits per heavy atom. The Hall–Kier alpha value is -3.18. The highest BCUT2D eigenvalue weighted by Gasteiger charge is 2.12. The number of ether oxygens (including phenoxy) is 2. The predicted molar refractivity (Wildman–Crippen MR) is 90.6 cm³/mol. The second-order valence-corrected chi connectivity index (χ2v) is 5.16. The fourth-order valence-electron chi connectivity index (χ4n) is 1.57. The molecule has 0 aliphatic rings. The van der Waals surface area contributed by atoms with E-state index in [-0.39, 0.29) is 23.7 Å². The average Bonchev–Trinajstić information content (AvgIpc) is 2.59. The van der Waals surface area contributed by atoms with Gasteiger partial charge in [-0.05, 0) is 12.3 Å². The Labute approximate surface area is 155 Å². The van der Waals surface area contributed by atoms with Gasteiger partial charge in [-0.25, -0.2) is 4.79 Å². The summed E-state index contributed by atoms with van der Waals surface area (Å²) < 4.78 is 9.81. The smallest absolute Gasteiger partial charge is 0.434 e. The Morgan fingerprint density at radius 1 is 1.07 bits per heavy atom. The van der Waals surface area contributed by atoms with Crippen LogP contribution < -0.4 is 4.74 Å². The molecule has 0 radical (unpaired) electrons. The van der Waals surface area contributed by atoms with E-state index in [0.29, 0.717) is 12.3 Å². The first-order valence-corrected chi connectivity index (χ1v) is 8.15. The van der Waals surface area contributed by atoms with Crippen molar-refractivity contribution in [3.63, 3.8) is 0 Å². The lowest BCUT2D eigenvalue weighted by Crippen LogP contribution is -2.14. The number of nitrogens with zero attached hydrogens (tertiary/aromatic N) is 3. The van der Waals surface area contributed by atoms with E-state index in [4.69, 9.17) is 9.47 Å². The van der Waals surface area contributed by atoms with Gasteiger partial charge in [0.1, 0.15) is 19.0 Å². The van der Waals surface area contributed by atoms with Crippen LogP contribution in [0.25, 0.3) is 0 Å². The Bertz CT molecular complexity index is 586. The van der Waals surface area contributed by atoms with Crippen LogP contribution in [0.3, 0.4) is 0 Å². The molecule has 12 nitrogen and oxygen atoms in total. The van der Waals surface area contributed by atoms with Crippen LogP contribution in [0.4, 0.5) is 4.79 Å². The molecule has 152 valence electrons. The molecule has 0 bridgehead atoms. The van der Waals surface area contributed by atoms with Crippen LogP contribution in [0.1, 0.15) is 45.5 Å². The Morgan fingerprint density at radius 2 is 1.56 bits per heavy atom. The second kappa shape index (κ2) is 13.1. The molecule has 0 aliphatic carbocycles. The summed E-state index contributed by atoms with van der Waals surface area (Å²) in [7, 11) is 0. The molecule has 0 N–H and O–H groups in total. The first-order valence-electron chi connectivity index (χ1n) is 8.15. The molecule has 0 aromatic carbocycles. The lowest BCUT2D eigenvalue weighted by atomic mass is 10.1. The number of pyridine rings is 1. The summed E-state index contributed by atoms with van der Waals surface area (Å²) in [5.74, 6) is 0.277. The van der Waals surface area contributed by atoms with Crippen molar-refractivity contribution in [2.75, 3.05) is 6.61 Å². The van der Waals surface area contributed by atoms with E-state index in [1.165, 1.54) is 12.1 Å². The summed E-state index contributed by atoms with van der Waals surface area (Å²) in [6.07, 6.45) is -0.330. The average molecular weight is 389 g/mol. The summed E-state index contributed by atoms with van der Waals surface area (Å²) in [5.41, 5.74) is 0.0391. The monoisotopic (exact) mass is 389 g/mol. The molecule has 27 heavy (non-hydrogen) atoms. The quantitative estimate of drug-likeness (QED) is 0.331. The molecule has 1 rings (SSSR count). The molecule has 1 heterocycles. The molecule has 0 fully saturated rings. The molecule has 0 atom stereocenters. The zero-order chi connectivity index (χ0) is 20.8. The van der Waals surface area contributed by atoms with Gasteiger partial charge in [0, 0.05) is 12.1 Å². The van der Waals surface area contributed by atoms with E-state index in [1.807, 2.05) is 27.7 Å². The van der Waals surface area contributed by atoms with Gasteiger partial charge in [-0.2, -0.15) is 0 Å². The second-order valence-electron chi connectivity index (χ2n) is 5.16. The van der Waals surface area contributed by atoms with E-state index in [0.717, 1.165) is 0 Å². The maximum absolute atomic E-state index is 11.6. The molecule has 0 unspecified atom stereocenters. The number of hydrogen-bond acceptors (Lipinski definition) is 10. The van der Waals surface area contributed by atoms with Gasteiger partial charge < -0.3 is 19.1 Å². The SMILES string of the molecule is CC.CC(C)CCOC(=O)Oc1cc(CO[N+](=O)[O-])nc(CO[N+](=O)[O-])c1. The molecule has 0 amide bonds. The summed E-state index contributed by atoms with van der Waals surface area (Å²) in [6, 6.07) is 2.42. The van der Waals surface area contributed by atoms with Crippen molar-refractivity contribution in [1.82, 2.24) is 4.98 Å². The molecule has 0 aliphatic heterocycles. The van der Waals surface area contributed by atoms with Gasteiger partial charge in [0.05, 0.1) is 18.0 Å². The van der Waals surface area contributed by atoms with Crippen LogP contribution in [0.15, 0.2) is 12.1 Å². The highest BCUT2D eigenvalue weighted by Crippen LogP contribution is 2.17. The fourth-order valence-corrected chi connectivity index (χ4v) is 1.57. The van der Waals surface area contributed by atoms with E-state index in [9.17, 15) is 25.0 Å². The standard InChI is InChI=1S/C13H17N3O9.C2H6/c1-9(2)3-4-22-13(17)25-12-5-10(7-23-15(18)19)14-11(6-12)8-24-16(20)21;1-2/h5-6,9H,3-4,7-8H2,1-2H3;1-2H3. The lowest BCUT2D eigenvalue weighted by molar-refractivity contribution is -0.763. The first kappa shape index (κ1) is 23.8. The van der Waals surface area contributed by atoms with Gasteiger partial charge in [0.25, 0.3) is 10.2 Å². The number of aromatic nitrogens is 1. The summed E-state index contributed by atoms with van der Waals surface area (Å²) in [6.45, 7) is 7.02. The van der Waals surface area contributed by atoms with Gasteiger partial charge >= 0.3 is 6.16 Å². The van der Waals surface area contributed by atoms with Crippen molar-refractivity contribution < 1.29 is 34.1 Å².